The van der Waals surface area contributed by atoms with E-state index in [9.17, 15) is 9.59 Å². The van der Waals surface area contributed by atoms with Crippen molar-refractivity contribution in [3.63, 3.8) is 0 Å². The van der Waals surface area contributed by atoms with Crippen LogP contribution in [0.1, 0.15) is 44.4 Å². The van der Waals surface area contributed by atoms with Crippen LogP contribution in [0, 0.1) is 0 Å². The van der Waals surface area contributed by atoms with E-state index in [4.69, 9.17) is 9.47 Å². The first-order valence-corrected chi connectivity index (χ1v) is 9.48. The van der Waals surface area contributed by atoms with Crippen molar-refractivity contribution in [2.45, 2.75) is 58.8 Å². The fraction of sp³-hybridized carbons (Fsp3) is 0.391. The smallest absolute Gasteiger partial charge is 0.407 e. The molecule has 1 atom stereocenters. The van der Waals surface area contributed by atoms with Crippen LogP contribution in [-0.2, 0) is 33.7 Å². The van der Waals surface area contributed by atoms with Crippen molar-refractivity contribution in [3.8, 4) is 0 Å². The summed E-state index contributed by atoms with van der Waals surface area (Å²) in [5, 5.41) is 2.84. The summed E-state index contributed by atoms with van der Waals surface area (Å²) in [6.07, 6.45) is 0.488. The number of rotatable bonds is 7. The molecule has 0 unspecified atom stereocenters. The molecule has 0 saturated carbocycles. The van der Waals surface area contributed by atoms with Gasteiger partial charge in [-0.1, -0.05) is 54.6 Å². The molecule has 5 heteroatoms. The van der Waals surface area contributed by atoms with Gasteiger partial charge in [-0.3, -0.25) is 4.79 Å². The number of hydrogen-bond acceptors (Lipinski definition) is 4. The van der Waals surface area contributed by atoms with Gasteiger partial charge < -0.3 is 14.8 Å². The largest absolute Gasteiger partial charge is 0.460 e. The summed E-state index contributed by atoms with van der Waals surface area (Å²) < 4.78 is 10.6. The second-order valence-corrected chi connectivity index (χ2v) is 7.89. The zero-order valence-corrected chi connectivity index (χ0v) is 17.0. The van der Waals surface area contributed by atoms with Gasteiger partial charge >= 0.3 is 12.1 Å². The molecule has 28 heavy (non-hydrogen) atoms. The molecule has 0 spiro atoms. The molecular formula is C23H29NO4. The summed E-state index contributed by atoms with van der Waals surface area (Å²) in [5.74, 6) is -0.239. The molecule has 0 aliphatic heterocycles. The number of benzene rings is 2. The first-order chi connectivity index (χ1) is 13.2. The Morgan fingerprint density at radius 1 is 0.929 bits per heavy atom. The van der Waals surface area contributed by atoms with E-state index in [0.717, 1.165) is 16.7 Å². The van der Waals surface area contributed by atoms with Crippen molar-refractivity contribution in [2.75, 3.05) is 0 Å². The second kappa shape index (κ2) is 9.93. The van der Waals surface area contributed by atoms with Crippen molar-refractivity contribution in [3.05, 3.63) is 71.3 Å². The van der Waals surface area contributed by atoms with E-state index < -0.39 is 11.7 Å². The molecule has 2 aromatic carbocycles. The van der Waals surface area contributed by atoms with Gasteiger partial charge in [-0.2, -0.15) is 0 Å². The highest BCUT2D eigenvalue weighted by Gasteiger charge is 2.16. The fourth-order valence-corrected chi connectivity index (χ4v) is 2.71. The lowest BCUT2D eigenvalue weighted by Crippen LogP contribution is -2.34. The van der Waals surface area contributed by atoms with Gasteiger partial charge in [0, 0.05) is 6.04 Å². The first kappa shape index (κ1) is 21.5. The molecule has 0 aliphatic rings. The summed E-state index contributed by atoms with van der Waals surface area (Å²) >= 11 is 0. The predicted molar refractivity (Wildman–Crippen MR) is 109 cm³/mol. The Kier molecular flexibility index (Phi) is 7.61. The van der Waals surface area contributed by atoms with Gasteiger partial charge in [0.15, 0.2) is 0 Å². The van der Waals surface area contributed by atoms with Crippen LogP contribution < -0.4 is 5.32 Å². The SMILES string of the molecule is C[C@H](Cc1ccc(CC(=O)OC(C)(C)C)cc1)NC(=O)OCc1ccccc1. The number of hydrogen-bond donors (Lipinski definition) is 1. The summed E-state index contributed by atoms with van der Waals surface area (Å²) in [4.78, 5) is 23.8. The molecule has 0 aromatic heterocycles. The van der Waals surface area contributed by atoms with Gasteiger partial charge in [0.2, 0.25) is 0 Å². The molecule has 0 aliphatic carbocycles. The molecule has 0 fully saturated rings. The molecule has 150 valence electrons. The Labute approximate surface area is 167 Å². The minimum atomic E-state index is -0.479. The third kappa shape index (κ3) is 8.25. The Morgan fingerprint density at radius 2 is 1.54 bits per heavy atom. The summed E-state index contributed by atoms with van der Waals surface area (Å²) in [5.41, 5.74) is 2.45. The number of nitrogens with one attached hydrogen (secondary N) is 1. The fourth-order valence-electron chi connectivity index (χ4n) is 2.71. The molecule has 0 radical (unpaired) electrons. The lowest BCUT2D eigenvalue weighted by Gasteiger charge is -2.19. The van der Waals surface area contributed by atoms with Crippen LogP contribution >= 0.6 is 0 Å². The van der Waals surface area contributed by atoms with Crippen molar-refractivity contribution < 1.29 is 19.1 Å². The van der Waals surface area contributed by atoms with E-state index in [0.29, 0.717) is 6.42 Å². The number of amides is 1. The molecule has 2 rings (SSSR count). The minimum absolute atomic E-state index is 0.0695. The van der Waals surface area contributed by atoms with Gasteiger partial charge in [-0.25, -0.2) is 4.79 Å². The number of esters is 1. The van der Waals surface area contributed by atoms with Crippen molar-refractivity contribution in [1.29, 1.82) is 0 Å². The molecule has 2 aromatic rings. The van der Waals surface area contributed by atoms with E-state index in [1.807, 2.05) is 82.3 Å². The maximum absolute atomic E-state index is 11.9. The summed E-state index contributed by atoms with van der Waals surface area (Å²) in [6, 6.07) is 17.3. The lowest BCUT2D eigenvalue weighted by molar-refractivity contribution is -0.153. The monoisotopic (exact) mass is 383 g/mol. The number of ether oxygens (including phenoxy) is 2. The normalized spacial score (nSPS) is 12.1. The lowest BCUT2D eigenvalue weighted by atomic mass is 10.0. The Balaban J connectivity index is 1.76. The minimum Gasteiger partial charge on any atom is -0.460 e. The van der Waals surface area contributed by atoms with Crippen LogP contribution in [0.25, 0.3) is 0 Å². The third-order valence-corrected chi connectivity index (χ3v) is 3.91. The standard InChI is InChI=1S/C23H29NO4/c1-17(24-22(26)27-16-20-8-6-5-7-9-20)14-18-10-12-19(13-11-18)15-21(25)28-23(2,3)4/h5-13,17H,14-16H2,1-4H3,(H,24,26)/t17-/m1/s1. The van der Waals surface area contributed by atoms with E-state index in [1.54, 1.807) is 0 Å². The molecule has 1 N–H and O–H groups in total. The van der Waals surface area contributed by atoms with E-state index in [-0.39, 0.29) is 25.0 Å². The van der Waals surface area contributed by atoms with Crippen LogP contribution in [0.4, 0.5) is 4.79 Å². The summed E-state index contributed by atoms with van der Waals surface area (Å²) in [7, 11) is 0. The molecule has 0 saturated heterocycles. The van der Waals surface area contributed by atoms with Crippen molar-refractivity contribution in [2.24, 2.45) is 0 Å². The highest BCUT2D eigenvalue weighted by atomic mass is 16.6. The van der Waals surface area contributed by atoms with Crippen LogP contribution in [-0.4, -0.2) is 23.7 Å². The quantitative estimate of drug-likeness (QED) is 0.719. The first-order valence-electron chi connectivity index (χ1n) is 9.48. The molecule has 0 heterocycles. The Morgan fingerprint density at radius 3 is 2.14 bits per heavy atom. The highest BCUT2D eigenvalue weighted by molar-refractivity contribution is 5.73. The van der Waals surface area contributed by atoms with Crippen LogP contribution in [0.2, 0.25) is 0 Å². The molecule has 0 bridgehead atoms. The van der Waals surface area contributed by atoms with E-state index in [1.165, 1.54) is 0 Å². The van der Waals surface area contributed by atoms with Crippen LogP contribution in [0.3, 0.4) is 0 Å². The zero-order chi connectivity index (χ0) is 20.6. The molecule has 1 amide bonds. The predicted octanol–water partition coefficient (Wildman–Crippen LogP) is 4.43. The maximum atomic E-state index is 11.9. The van der Waals surface area contributed by atoms with Crippen LogP contribution in [0.15, 0.2) is 54.6 Å². The number of alkyl carbamates (subject to hydrolysis) is 1. The summed E-state index contributed by atoms with van der Waals surface area (Å²) in [6.45, 7) is 7.74. The van der Waals surface area contributed by atoms with Gasteiger partial charge in [-0.15, -0.1) is 0 Å². The average molecular weight is 383 g/mol. The van der Waals surface area contributed by atoms with E-state index >= 15 is 0 Å². The zero-order valence-electron chi connectivity index (χ0n) is 17.0. The highest BCUT2D eigenvalue weighted by Crippen LogP contribution is 2.12. The number of carbonyl (C=O) groups is 2. The van der Waals surface area contributed by atoms with Gasteiger partial charge in [0.1, 0.15) is 12.2 Å². The van der Waals surface area contributed by atoms with Crippen LogP contribution in [0.5, 0.6) is 0 Å². The molecule has 5 nitrogen and oxygen atoms in total. The topological polar surface area (TPSA) is 64.6 Å². The van der Waals surface area contributed by atoms with Gasteiger partial charge in [0.25, 0.3) is 0 Å². The van der Waals surface area contributed by atoms with Crippen molar-refractivity contribution >= 4 is 12.1 Å². The maximum Gasteiger partial charge on any atom is 0.407 e. The van der Waals surface area contributed by atoms with Gasteiger partial charge in [0.05, 0.1) is 6.42 Å². The van der Waals surface area contributed by atoms with E-state index in [2.05, 4.69) is 5.32 Å². The van der Waals surface area contributed by atoms with Crippen molar-refractivity contribution in [1.82, 2.24) is 5.32 Å². The third-order valence-electron chi connectivity index (χ3n) is 3.91. The number of carbonyl (C=O) groups excluding carboxylic acids is 2. The van der Waals surface area contributed by atoms with Gasteiger partial charge in [-0.05, 0) is 50.8 Å². The molecular weight excluding hydrogens is 354 g/mol. The average Bonchev–Trinajstić information content (AvgIpc) is 2.61. The Hall–Kier alpha value is -2.82. The second-order valence-electron chi connectivity index (χ2n) is 7.89. The Bertz CT molecular complexity index is 763.